The molecule has 2 heterocycles. The highest BCUT2D eigenvalue weighted by atomic mass is 16.6. The lowest BCUT2D eigenvalue weighted by atomic mass is 9.96. The Labute approximate surface area is 148 Å². The van der Waals surface area contributed by atoms with Crippen molar-refractivity contribution in [1.29, 1.82) is 0 Å². The zero-order valence-electron chi connectivity index (χ0n) is 14.7. The van der Waals surface area contributed by atoms with Crippen LogP contribution in [-0.4, -0.2) is 49.7 Å². The Morgan fingerprint density at radius 3 is 2.60 bits per heavy atom. The van der Waals surface area contributed by atoms with Gasteiger partial charge in [0.25, 0.3) is 0 Å². The second kappa shape index (κ2) is 8.23. The van der Waals surface area contributed by atoms with Crippen molar-refractivity contribution in [3.63, 3.8) is 0 Å². The fourth-order valence-corrected chi connectivity index (χ4v) is 3.28. The number of ether oxygens (including phenoxy) is 3. The summed E-state index contributed by atoms with van der Waals surface area (Å²) in [6.45, 7) is 4.62. The van der Waals surface area contributed by atoms with Gasteiger partial charge in [0, 0.05) is 19.5 Å². The van der Waals surface area contributed by atoms with Gasteiger partial charge >= 0.3 is 5.97 Å². The van der Waals surface area contributed by atoms with Gasteiger partial charge in [-0.15, -0.1) is 0 Å². The van der Waals surface area contributed by atoms with Gasteiger partial charge in [-0.1, -0.05) is 6.07 Å². The molecule has 1 fully saturated rings. The van der Waals surface area contributed by atoms with Crippen LogP contribution in [0.4, 0.5) is 0 Å². The van der Waals surface area contributed by atoms with Crippen LogP contribution in [-0.2, 0) is 20.7 Å². The van der Waals surface area contributed by atoms with Gasteiger partial charge in [-0.25, -0.2) is 0 Å². The van der Waals surface area contributed by atoms with Crippen LogP contribution in [0.25, 0.3) is 0 Å². The number of likely N-dealkylation sites (tertiary alicyclic amines) is 1. The van der Waals surface area contributed by atoms with Gasteiger partial charge in [0.15, 0.2) is 11.5 Å². The van der Waals surface area contributed by atoms with Crippen LogP contribution in [0, 0.1) is 5.92 Å². The molecule has 6 nitrogen and oxygen atoms in total. The molecule has 0 aliphatic carbocycles. The van der Waals surface area contributed by atoms with Crippen LogP contribution >= 0.6 is 0 Å². The van der Waals surface area contributed by atoms with Gasteiger partial charge in [-0.05, 0) is 43.9 Å². The molecule has 25 heavy (non-hydrogen) atoms. The van der Waals surface area contributed by atoms with E-state index < -0.39 is 0 Å². The lowest BCUT2D eigenvalue weighted by Crippen LogP contribution is -2.40. The third-order valence-corrected chi connectivity index (χ3v) is 4.70. The fourth-order valence-electron chi connectivity index (χ4n) is 3.28. The van der Waals surface area contributed by atoms with Gasteiger partial charge in [0.1, 0.15) is 13.2 Å². The number of aryl methyl sites for hydroxylation is 1. The van der Waals surface area contributed by atoms with E-state index in [4.69, 9.17) is 14.2 Å². The first-order valence-electron chi connectivity index (χ1n) is 9.00. The molecule has 2 aliphatic heterocycles. The van der Waals surface area contributed by atoms with Crippen molar-refractivity contribution in [1.82, 2.24) is 4.90 Å². The van der Waals surface area contributed by atoms with Crippen LogP contribution in [0.3, 0.4) is 0 Å². The van der Waals surface area contributed by atoms with Crippen molar-refractivity contribution < 1.29 is 23.8 Å². The third kappa shape index (κ3) is 4.44. The maximum atomic E-state index is 12.4. The number of esters is 1. The van der Waals surface area contributed by atoms with E-state index in [-0.39, 0.29) is 17.8 Å². The summed E-state index contributed by atoms with van der Waals surface area (Å²) in [4.78, 5) is 26.0. The Balaban J connectivity index is 1.46. The summed E-state index contributed by atoms with van der Waals surface area (Å²) in [6, 6.07) is 5.84. The number of fused-ring (bicyclic) bond motifs is 1. The molecular formula is C19H25NO5. The summed E-state index contributed by atoms with van der Waals surface area (Å²) in [6.07, 6.45) is 2.51. The maximum absolute atomic E-state index is 12.4. The van der Waals surface area contributed by atoms with Crippen molar-refractivity contribution in [2.45, 2.75) is 32.6 Å². The summed E-state index contributed by atoms with van der Waals surface area (Å²) in [5.74, 6) is 1.46. The highest BCUT2D eigenvalue weighted by Crippen LogP contribution is 2.31. The monoisotopic (exact) mass is 347 g/mol. The zero-order chi connectivity index (χ0) is 17.6. The first-order chi connectivity index (χ1) is 12.2. The predicted molar refractivity (Wildman–Crippen MR) is 91.7 cm³/mol. The fraction of sp³-hybridized carbons (Fsp3) is 0.579. The number of piperidine rings is 1. The Kier molecular flexibility index (Phi) is 5.79. The topological polar surface area (TPSA) is 65.1 Å². The van der Waals surface area contributed by atoms with E-state index in [0.29, 0.717) is 58.6 Å². The second-order valence-corrected chi connectivity index (χ2v) is 6.39. The molecule has 6 heteroatoms. The minimum atomic E-state index is -0.133. The number of carbonyl (C=O) groups excluding carboxylic acids is 2. The smallest absolute Gasteiger partial charge is 0.309 e. The summed E-state index contributed by atoms with van der Waals surface area (Å²) < 4.78 is 16.1. The highest BCUT2D eigenvalue weighted by Gasteiger charge is 2.28. The number of nitrogens with zero attached hydrogens (tertiary/aromatic N) is 1. The Bertz CT molecular complexity index is 622. The summed E-state index contributed by atoms with van der Waals surface area (Å²) in [5, 5.41) is 0. The quantitative estimate of drug-likeness (QED) is 0.764. The van der Waals surface area contributed by atoms with Crippen molar-refractivity contribution in [3.05, 3.63) is 23.8 Å². The normalized spacial score (nSPS) is 17.2. The number of hydrogen-bond acceptors (Lipinski definition) is 5. The van der Waals surface area contributed by atoms with Gasteiger partial charge < -0.3 is 19.1 Å². The van der Waals surface area contributed by atoms with Gasteiger partial charge in [0.05, 0.1) is 12.5 Å². The first-order valence-corrected chi connectivity index (χ1v) is 9.00. The van der Waals surface area contributed by atoms with Crippen molar-refractivity contribution in [2.75, 3.05) is 32.9 Å². The van der Waals surface area contributed by atoms with E-state index in [1.165, 1.54) is 0 Å². The zero-order valence-corrected chi connectivity index (χ0v) is 14.7. The lowest BCUT2D eigenvalue weighted by Gasteiger charge is -2.31. The number of rotatable bonds is 5. The molecule has 1 aromatic carbocycles. The van der Waals surface area contributed by atoms with E-state index in [0.717, 1.165) is 17.1 Å². The van der Waals surface area contributed by atoms with Crippen LogP contribution in [0.5, 0.6) is 11.5 Å². The van der Waals surface area contributed by atoms with Crippen LogP contribution in [0.15, 0.2) is 18.2 Å². The van der Waals surface area contributed by atoms with E-state index in [9.17, 15) is 9.59 Å². The van der Waals surface area contributed by atoms with Crippen LogP contribution < -0.4 is 9.47 Å². The Morgan fingerprint density at radius 2 is 1.88 bits per heavy atom. The molecule has 2 aliphatic rings. The molecule has 0 spiro atoms. The van der Waals surface area contributed by atoms with Gasteiger partial charge in [0.2, 0.25) is 5.91 Å². The third-order valence-electron chi connectivity index (χ3n) is 4.70. The molecule has 0 saturated carbocycles. The molecule has 1 amide bonds. The molecule has 0 aromatic heterocycles. The molecule has 3 rings (SSSR count). The van der Waals surface area contributed by atoms with Crippen molar-refractivity contribution in [2.24, 2.45) is 5.92 Å². The number of carbonyl (C=O) groups is 2. The Morgan fingerprint density at radius 1 is 1.16 bits per heavy atom. The van der Waals surface area contributed by atoms with E-state index in [1.54, 1.807) is 0 Å². The standard InChI is InChI=1S/C19H25NO5/c1-2-23-19(22)15-7-9-20(10-8-15)18(21)6-4-14-3-5-16-17(13-14)25-12-11-24-16/h3,5,13,15H,2,4,6-12H2,1H3. The maximum Gasteiger partial charge on any atom is 0.309 e. The van der Waals surface area contributed by atoms with E-state index >= 15 is 0 Å². The molecule has 0 unspecified atom stereocenters. The molecule has 0 radical (unpaired) electrons. The van der Waals surface area contributed by atoms with Gasteiger partial charge in [-0.2, -0.15) is 0 Å². The molecule has 136 valence electrons. The number of amides is 1. The molecule has 1 saturated heterocycles. The molecule has 0 atom stereocenters. The van der Waals surface area contributed by atoms with Gasteiger partial charge in [-0.3, -0.25) is 9.59 Å². The second-order valence-electron chi connectivity index (χ2n) is 6.39. The molecule has 0 bridgehead atoms. The number of benzene rings is 1. The number of hydrogen-bond donors (Lipinski definition) is 0. The molecule has 1 aromatic rings. The lowest BCUT2D eigenvalue weighted by molar-refractivity contribution is -0.151. The van der Waals surface area contributed by atoms with E-state index in [1.807, 2.05) is 30.0 Å². The molecular weight excluding hydrogens is 322 g/mol. The summed E-state index contributed by atoms with van der Waals surface area (Å²) in [5.41, 5.74) is 1.07. The van der Waals surface area contributed by atoms with Crippen molar-refractivity contribution in [3.8, 4) is 11.5 Å². The average Bonchev–Trinajstić information content (AvgIpc) is 2.66. The predicted octanol–water partition coefficient (Wildman–Crippen LogP) is 2.19. The summed E-state index contributed by atoms with van der Waals surface area (Å²) >= 11 is 0. The summed E-state index contributed by atoms with van der Waals surface area (Å²) in [7, 11) is 0. The average molecular weight is 347 g/mol. The first kappa shape index (κ1) is 17.6. The minimum Gasteiger partial charge on any atom is -0.486 e. The molecule has 0 N–H and O–H groups in total. The van der Waals surface area contributed by atoms with Crippen LogP contribution in [0.2, 0.25) is 0 Å². The highest BCUT2D eigenvalue weighted by molar-refractivity contribution is 5.77. The van der Waals surface area contributed by atoms with Crippen molar-refractivity contribution >= 4 is 11.9 Å². The van der Waals surface area contributed by atoms with Crippen LogP contribution in [0.1, 0.15) is 31.7 Å². The largest absolute Gasteiger partial charge is 0.486 e. The van der Waals surface area contributed by atoms with E-state index in [2.05, 4.69) is 0 Å². The SMILES string of the molecule is CCOC(=O)C1CCN(C(=O)CCc2ccc3c(c2)OCCO3)CC1. The Hall–Kier alpha value is -2.24. The minimum absolute atomic E-state index is 0.0678.